The largest absolute Gasteiger partial charge is 0.347 e. The maximum atomic E-state index is 13.6. The van der Waals surface area contributed by atoms with E-state index in [4.69, 9.17) is 16.6 Å². The molecule has 4 atom stereocenters. The summed E-state index contributed by atoms with van der Waals surface area (Å²) in [4.78, 5) is 27.1. The predicted molar refractivity (Wildman–Crippen MR) is 122 cm³/mol. The molecule has 0 spiro atoms. The van der Waals surface area contributed by atoms with Crippen molar-refractivity contribution in [2.24, 2.45) is 5.92 Å². The van der Waals surface area contributed by atoms with Crippen molar-refractivity contribution < 1.29 is 4.79 Å². The lowest BCUT2D eigenvalue weighted by atomic mass is 9.95. The third-order valence-corrected chi connectivity index (χ3v) is 7.12. The normalized spacial score (nSPS) is 27.5. The number of carbonyl (C=O) groups is 1. The first-order chi connectivity index (χ1) is 15.0. The second-order valence-electron chi connectivity index (χ2n) is 9.03. The van der Waals surface area contributed by atoms with E-state index in [9.17, 15) is 4.79 Å². The zero-order valence-corrected chi connectivity index (χ0v) is 18.8. The summed E-state index contributed by atoms with van der Waals surface area (Å²) in [6, 6.07) is 7.96. The minimum atomic E-state index is -0.155. The number of fused-ring (bicyclic) bond motifs is 1. The molecule has 2 saturated heterocycles. The van der Waals surface area contributed by atoms with Crippen LogP contribution in [0, 0.1) is 5.92 Å². The molecule has 8 heteroatoms. The molecule has 2 aliphatic heterocycles. The van der Waals surface area contributed by atoms with Crippen LogP contribution in [0.15, 0.2) is 30.5 Å². The van der Waals surface area contributed by atoms with Gasteiger partial charge in [0.1, 0.15) is 6.04 Å². The number of hydrogen-bond acceptors (Lipinski definition) is 6. The molecule has 164 valence electrons. The maximum absolute atomic E-state index is 13.6. The van der Waals surface area contributed by atoms with Crippen molar-refractivity contribution in [3.05, 3.63) is 41.2 Å². The lowest BCUT2D eigenvalue weighted by molar-refractivity contribution is -0.135. The van der Waals surface area contributed by atoms with Crippen LogP contribution in [0.1, 0.15) is 43.8 Å². The van der Waals surface area contributed by atoms with E-state index in [1.54, 1.807) is 0 Å². The van der Waals surface area contributed by atoms with Gasteiger partial charge in [-0.05, 0) is 43.4 Å². The number of anilines is 1. The number of halogens is 1. The molecule has 0 bridgehead atoms. The van der Waals surface area contributed by atoms with E-state index in [0.717, 1.165) is 49.0 Å². The number of amides is 1. The van der Waals surface area contributed by atoms with Crippen LogP contribution < -0.4 is 15.8 Å². The van der Waals surface area contributed by atoms with Crippen LogP contribution in [0.5, 0.6) is 0 Å². The number of likely N-dealkylation sites (tertiary alicyclic amines) is 1. The minimum Gasteiger partial charge on any atom is -0.347 e. The van der Waals surface area contributed by atoms with Gasteiger partial charge < -0.3 is 9.80 Å². The van der Waals surface area contributed by atoms with Crippen molar-refractivity contribution in [3.63, 3.8) is 0 Å². The Balaban J connectivity index is 1.51. The third-order valence-electron chi connectivity index (χ3n) is 6.88. The number of nitrogens with one attached hydrogen (secondary N) is 2. The van der Waals surface area contributed by atoms with Gasteiger partial charge in [0.15, 0.2) is 0 Å². The Morgan fingerprint density at radius 2 is 2.06 bits per heavy atom. The number of benzene rings is 1. The van der Waals surface area contributed by atoms with Crippen LogP contribution in [-0.2, 0) is 4.79 Å². The van der Waals surface area contributed by atoms with Gasteiger partial charge in [0.25, 0.3) is 0 Å². The molecule has 0 radical (unpaired) electrons. The topological polar surface area (TPSA) is 73.4 Å². The molecule has 1 aliphatic carbocycles. The van der Waals surface area contributed by atoms with Gasteiger partial charge in [0, 0.05) is 49.4 Å². The molecule has 3 aliphatic rings. The molecule has 7 nitrogen and oxygen atoms in total. The van der Waals surface area contributed by atoms with Gasteiger partial charge in [-0.15, -0.1) is 0 Å². The Hall–Kier alpha value is -2.22. The first-order valence-corrected chi connectivity index (χ1v) is 11.5. The number of aromatic nitrogens is 2. The third kappa shape index (κ3) is 3.79. The Kier molecular flexibility index (Phi) is 5.58. The fourth-order valence-electron chi connectivity index (χ4n) is 5.34. The maximum Gasteiger partial charge on any atom is 0.241 e. The Bertz CT molecular complexity index is 982. The lowest BCUT2D eigenvalue weighted by Crippen LogP contribution is -2.47. The Morgan fingerprint density at radius 1 is 1.19 bits per heavy atom. The van der Waals surface area contributed by atoms with Crippen LogP contribution in [0.25, 0.3) is 11.1 Å². The van der Waals surface area contributed by atoms with Gasteiger partial charge in [-0.25, -0.2) is 15.4 Å². The highest BCUT2D eigenvalue weighted by Crippen LogP contribution is 2.40. The molecular weight excluding hydrogens is 412 g/mol. The van der Waals surface area contributed by atoms with Gasteiger partial charge in [-0.3, -0.25) is 10.2 Å². The molecule has 1 aromatic carbocycles. The highest BCUT2D eigenvalue weighted by Gasteiger charge is 2.46. The van der Waals surface area contributed by atoms with E-state index in [1.807, 2.05) is 54.4 Å². The van der Waals surface area contributed by atoms with Crippen molar-refractivity contribution >= 4 is 23.5 Å². The Labute approximate surface area is 188 Å². The van der Waals surface area contributed by atoms with Gasteiger partial charge >= 0.3 is 0 Å². The zero-order chi connectivity index (χ0) is 21.5. The average Bonchev–Trinajstić information content (AvgIpc) is 3.49. The van der Waals surface area contributed by atoms with Crippen molar-refractivity contribution in [1.29, 1.82) is 0 Å². The molecule has 5 rings (SSSR count). The summed E-state index contributed by atoms with van der Waals surface area (Å²) in [5.74, 6) is 1.21. The van der Waals surface area contributed by atoms with E-state index in [1.165, 1.54) is 6.42 Å². The summed E-state index contributed by atoms with van der Waals surface area (Å²) in [5.41, 5.74) is 9.46. The lowest BCUT2D eigenvalue weighted by Gasteiger charge is -2.30. The SMILES string of the molecule is CN(C)c1ncc(-c2cccc(Cl)c2)c(C2CCCN2C(=O)C2NNC3CCCC32)n1. The van der Waals surface area contributed by atoms with Crippen LogP contribution in [0.2, 0.25) is 5.02 Å². The minimum absolute atomic E-state index is 0.0644. The standard InChI is InChI=1S/C23H29ClN6O/c1-29(2)23-25-13-17(14-6-3-7-15(24)12-14)20(26-23)19-10-5-11-30(19)22(31)21-16-8-4-9-18(16)27-28-21/h3,6-7,12-13,16,18-19,21,27-28H,4-5,8-11H2,1-2H3. The smallest absolute Gasteiger partial charge is 0.241 e. The van der Waals surface area contributed by atoms with Gasteiger partial charge in [0.05, 0.1) is 11.7 Å². The van der Waals surface area contributed by atoms with E-state index in [0.29, 0.717) is 22.9 Å². The van der Waals surface area contributed by atoms with Crippen LogP contribution in [0.4, 0.5) is 5.95 Å². The first-order valence-electron chi connectivity index (χ1n) is 11.1. The van der Waals surface area contributed by atoms with Crippen molar-refractivity contribution in [2.45, 2.75) is 50.2 Å². The second kappa shape index (κ2) is 8.37. The van der Waals surface area contributed by atoms with E-state index < -0.39 is 0 Å². The van der Waals surface area contributed by atoms with Gasteiger partial charge in [0.2, 0.25) is 11.9 Å². The Morgan fingerprint density at radius 3 is 2.87 bits per heavy atom. The fourth-order valence-corrected chi connectivity index (χ4v) is 5.53. The molecule has 1 aromatic heterocycles. The summed E-state index contributed by atoms with van der Waals surface area (Å²) in [6.45, 7) is 0.759. The second-order valence-corrected chi connectivity index (χ2v) is 9.47. The van der Waals surface area contributed by atoms with Gasteiger partial charge in [-0.2, -0.15) is 0 Å². The molecule has 3 fully saturated rings. The van der Waals surface area contributed by atoms with Crippen molar-refractivity contribution in [1.82, 2.24) is 25.7 Å². The molecule has 31 heavy (non-hydrogen) atoms. The monoisotopic (exact) mass is 440 g/mol. The van der Waals surface area contributed by atoms with Crippen molar-refractivity contribution in [2.75, 3.05) is 25.5 Å². The zero-order valence-electron chi connectivity index (χ0n) is 18.0. The number of hydrazine groups is 1. The van der Waals surface area contributed by atoms with Crippen LogP contribution in [-0.4, -0.2) is 53.5 Å². The van der Waals surface area contributed by atoms with Crippen LogP contribution in [0.3, 0.4) is 0 Å². The van der Waals surface area contributed by atoms with E-state index in [2.05, 4.69) is 15.8 Å². The molecule has 3 heterocycles. The number of carbonyl (C=O) groups excluding carboxylic acids is 1. The highest BCUT2D eigenvalue weighted by molar-refractivity contribution is 6.30. The number of hydrogen-bond donors (Lipinski definition) is 2. The molecule has 4 unspecified atom stereocenters. The highest BCUT2D eigenvalue weighted by atomic mass is 35.5. The predicted octanol–water partition coefficient (Wildman–Crippen LogP) is 3.17. The van der Waals surface area contributed by atoms with E-state index in [-0.39, 0.29) is 18.0 Å². The average molecular weight is 441 g/mol. The summed E-state index contributed by atoms with van der Waals surface area (Å²) in [6.07, 6.45) is 7.17. The molecule has 2 N–H and O–H groups in total. The molecular formula is C23H29ClN6O. The van der Waals surface area contributed by atoms with E-state index >= 15 is 0 Å². The summed E-state index contributed by atoms with van der Waals surface area (Å²) in [7, 11) is 3.87. The van der Waals surface area contributed by atoms with Crippen LogP contribution >= 0.6 is 11.6 Å². The summed E-state index contributed by atoms with van der Waals surface area (Å²) < 4.78 is 0. The van der Waals surface area contributed by atoms with Gasteiger partial charge in [-0.1, -0.05) is 30.2 Å². The van der Waals surface area contributed by atoms with Crippen molar-refractivity contribution in [3.8, 4) is 11.1 Å². The quantitative estimate of drug-likeness (QED) is 0.760. The fraction of sp³-hybridized carbons (Fsp3) is 0.522. The number of nitrogens with zero attached hydrogens (tertiary/aromatic N) is 4. The molecule has 2 aromatic rings. The summed E-state index contributed by atoms with van der Waals surface area (Å²) >= 11 is 6.28. The number of rotatable bonds is 4. The molecule has 1 saturated carbocycles. The molecule has 1 amide bonds. The first kappa shape index (κ1) is 20.7. The summed E-state index contributed by atoms with van der Waals surface area (Å²) in [5, 5.41) is 0.674.